The minimum absolute atomic E-state index is 0.397. The zero-order valence-electron chi connectivity index (χ0n) is 11.3. The largest absolute Gasteiger partial charge is 0.368 e. The van der Waals surface area contributed by atoms with E-state index in [0.717, 1.165) is 15.6 Å². The quantitative estimate of drug-likeness (QED) is 0.884. The number of primary amides is 1. The van der Waals surface area contributed by atoms with Gasteiger partial charge in [-0.3, -0.25) is 10.1 Å². The summed E-state index contributed by atoms with van der Waals surface area (Å²) in [4.78, 5) is 11.9. The predicted molar refractivity (Wildman–Crippen MR) is 84.0 cm³/mol. The van der Waals surface area contributed by atoms with Crippen LogP contribution in [0.4, 0.5) is 0 Å². The molecule has 2 aromatic rings. The topological polar surface area (TPSA) is 55.1 Å². The van der Waals surface area contributed by atoms with E-state index in [0.29, 0.717) is 6.54 Å². The summed E-state index contributed by atoms with van der Waals surface area (Å²) in [5.74, 6) is -0.397. The molecule has 0 heterocycles. The molecule has 4 heteroatoms. The molecular formula is C16H17BrN2O. The molecule has 0 fully saturated rings. The molecule has 2 rings (SSSR count). The van der Waals surface area contributed by atoms with Crippen molar-refractivity contribution < 1.29 is 4.79 Å². The average molecular weight is 333 g/mol. The first kappa shape index (κ1) is 14.8. The van der Waals surface area contributed by atoms with Crippen molar-refractivity contribution in [3.05, 3.63) is 70.2 Å². The molecule has 0 spiro atoms. The van der Waals surface area contributed by atoms with Gasteiger partial charge in [-0.25, -0.2) is 0 Å². The van der Waals surface area contributed by atoms with Crippen LogP contribution < -0.4 is 11.1 Å². The van der Waals surface area contributed by atoms with Crippen LogP contribution in [-0.2, 0) is 16.9 Å². The van der Waals surface area contributed by atoms with Gasteiger partial charge in [-0.2, -0.15) is 0 Å². The molecule has 20 heavy (non-hydrogen) atoms. The van der Waals surface area contributed by atoms with Crippen LogP contribution in [0.25, 0.3) is 0 Å². The molecule has 0 saturated heterocycles. The van der Waals surface area contributed by atoms with Gasteiger partial charge in [-0.15, -0.1) is 0 Å². The lowest BCUT2D eigenvalue weighted by Crippen LogP contribution is -2.50. The van der Waals surface area contributed by atoms with Crippen molar-refractivity contribution in [2.75, 3.05) is 0 Å². The van der Waals surface area contributed by atoms with E-state index in [1.54, 1.807) is 6.92 Å². The maximum atomic E-state index is 11.9. The Bertz CT molecular complexity index is 600. The molecule has 0 bridgehead atoms. The normalized spacial score (nSPS) is 13.7. The number of rotatable bonds is 5. The molecule has 3 N–H and O–H groups in total. The lowest BCUT2D eigenvalue weighted by Gasteiger charge is -2.28. The fraction of sp³-hybridized carbons (Fsp3) is 0.188. The molecular weight excluding hydrogens is 316 g/mol. The molecule has 0 aromatic heterocycles. The van der Waals surface area contributed by atoms with Gasteiger partial charge in [-0.05, 0) is 30.2 Å². The van der Waals surface area contributed by atoms with Gasteiger partial charge in [-0.1, -0.05) is 58.4 Å². The number of nitrogens with two attached hydrogens (primary N) is 1. The monoisotopic (exact) mass is 332 g/mol. The van der Waals surface area contributed by atoms with Crippen molar-refractivity contribution in [2.45, 2.75) is 19.0 Å². The van der Waals surface area contributed by atoms with Gasteiger partial charge in [0.1, 0.15) is 5.54 Å². The fourth-order valence-corrected chi connectivity index (χ4v) is 2.40. The number of hydrogen-bond donors (Lipinski definition) is 2. The van der Waals surface area contributed by atoms with Crippen LogP contribution in [0.15, 0.2) is 59.1 Å². The van der Waals surface area contributed by atoms with E-state index >= 15 is 0 Å². The number of carbonyl (C=O) groups is 1. The Morgan fingerprint density at radius 3 is 2.50 bits per heavy atom. The van der Waals surface area contributed by atoms with Crippen LogP contribution >= 0.6 is 15.9 Å². The summed E-state index contributed by atoms with van der Waals surface area (Å²) in [6.07, 6.45) is 0. The van der Waals surface area contributed by atoms with Crippen LogP contribution in [0.5, 0.6) is 0 Å². The van der Waals surface area contributed by atoms with E-state index < -0.39 is 11.4 Å². The summed E-state index contributed by atoms with van der Waals surface area (Å²) in [6.45, 7) is 2.38. The average Bonchev–Trinajstić information content (AvgIpc) is 2.45. The van der Waals surface area contributed by atoms with Crippen molar-refractivity contribution in [3.63, 3.8) is 0 Å². The number of halogens is 1. The van der Waals surface area contributed by atoms with Crippen molar-refractivity contribution in [2.24, 2.45) is 5.73 Å². The molecule has 0 aliphatic rings. The van der Waals surface area contributed by atoms with E-state index in [1.165, 1.54) is 0 Å². The van der Waals surface area contributed by atoms with Crippen LogP contribution in [0.3, 0.4) is 0 Å². The van der Waals surface area contributed by atoms with Crippen molar-refractivity contribution in [1.82, 2.24) is 5.32 Å². The molecule has 0 aliphatic carbocycles. The Hall–Kier alpha value is -1.65. The third-order valence-electron chi connectivity index (χ3n) is 3.38. The smallest absolute Gasteiger partial charge is 0.242 e. The fourth-order valence-electron chi connectivity index (χ4n) is 2.01. The highest BCUT2D eigenvalue weighted by Gasteiger charge is 2.32. The van der Waals surface area contributed by atoms with E-state index in [-0.39, 0.29) is 0 Å². The van der Waals surface area contributed by atoms with Crippen LogP contribution in [0.1, 0.15) is 18.1 Å². The van der Waals surface area contributed by atoms with Crippen molar-refractivity contribution >= 4 is 21.8 Å². The van der Waals surface area contributed by atoms with E-state index in [9.17, 15) is 4.79 Å². The van der Waals surface area contributed by atoms with Gasteiger partial charge in [0.15, 0.2) is 0 Å². The molecule has 2 aromatic carbocycles. The van der Waals surface area contributed by atoms with Gasteiger partial charge in [0.2, 0.25) is 5.91 Å². The SMILES string of the molecule is CC(NCc1ccccc1)(C(N)=O)c1cccc(Br)c1. The Morgan fingerprint density at radius 1 is 1.20 bits per heavy atom. The standard InChI is InChI=1S/C16H17BrN2O/c1-16(15(18)20,13-8-5-9-14(17)10-13)19-11-12-6-3-2-4-7-12/h2-10,19H,11H2,1H3,(H2,18,20). The first-order valence-corrected chi connectivity index (χ1v) is 7.16. The zero-order valence-corrected chi connectivity index (χ0v) is 12.9. The van der Waals surface area contributed by atoms with Gasteiger partial charge >= 0.3 is 0 Å². The van der Waals surface area contributed by atoms with Crippen LogP contribution in [-0.4, -0.2) is 5.91 Å². The number of nitrogens with one attached hydrogen (secondary N) is 1. The number of carbonyl (C=O) groups excluding carboxylic acids is 1. The first-order chi connectivity index (χ1) is 9.52. The van der Waals surface area contributed by atoms with Gasteiger partial charge in [0.05, 0.1) is 0 Å². The molecule has 1 unspecified atom stereocenters. The van der Waals surface area contributed by atoms with Gasteiger partial charge < -0.3 is 5.73 Å². The first-order valence-electron chi connectivity index (χ1n) is 6.37. The highest BCUT2D eigenvalue weighted by Crippen LogP contribution is 2.24. The summed E-state index contributed by atoms with van der Waals surface area (Å²) in [7, 11) is 0. The Kier molecular flexibility index (Phi) is 4.57. The lowest BCUT2D eigenvalue weighted by molar-refractivity contribution is -0.124. The molecule has 0 aliphatic heterocycles. The second-order valence-corrected chi connectivity index (χ2v) is 5.75. The van der Waals surface area contributed by atoms with E-state index in [1.807, 2.05) is 54.6 Å². The number of amides is 1. The third-order valence-corrected chi connectivity index (χ3v) is 3.88. The van der Waals surface area contributed by atoms with Crippen LogP contribution in [0.2, 0.25) is 0 Å². The molecule has 1 atom stereocenters. The molecule has 0 radical (unpaired) electrons. The minimum Gasteiger partial charge on any atom is -0.368 e. The lowest BCUT2D eigenvalue weighted by atomic mass is 9.91. The van der Waals surface area contributed by atoms with E-state index in [2.05, 4.69) is 21.2 Å². The summed E-state index contributed by atoms with van der Waals surface area (Å²) < 4.78 is 0.920. The predicted octanol–water partition coefficient (Wildman–Crippen LogP) is 2.94. The van der Waals surface area contributed by atoms with Crippen molar-refractivity contribution in [1.29, 1.82) is 0 Å². The highest BCUT2D eigenvalue weighted by molar-refractivity contribution is 9.10. The maximum Gasteiger partial charge on any atom is 0.242 e. The minimum atomic E-state index is -0.903. The second kappa shape index (κ2) is 6.20. The van der Waals surface area contributed by atoms with Crippen molar-refractivity contribution in [3.8, 4) is 0 Å². The molecule has 3 nitrogen and oxygen atoms in total. The Balaban J connectivity index is 2.24. The zero-order chi connectivity index (χ0) is 14.6. The Morgan fingerprint density at radius 2 is 1.90 bits per heavy atom. The van der Waals surface area contributed by atoms with Gasteiger partial charge in [0, 0.05) is 11.0 Å². The Labute approximate surface area is 127 Å². The second-order valence-electron chi connectivity index (χ2n) is 4.84. The highest BCUT2D eigenvalue weighted by atomic mass is 79.9. The summed E-state index contributed by atoms with van der Waals surface area (Å²) in [5.41, 5.74) is 6.65. The van der Waals surface area contributed by atoms with E-state index in [4.69, 9.17) is 5.73 Å². The maximum absolute atomic E-state index is 11.9. The molecule has 0 saturated carbocycles. The van der Waals surface area contributed by atoms with Gasteiger partial charge in [0.25, 0.3) is 0 Å². The summed E-state index contributed by atoms with van der Waals surface area (Å²) in [5, 5.41) is 3.26. The number of hydrogen-bond acceptors (Lipinski definition) is 2. The summed E-state index contributed by atoms with van der Waals surface area (Å²) >= 11 is 3.42. The summed E-state index contributed by atoms with van der Waals surface area (Å²) in [6, 6.07) is 17.5. The molecule has 104 valence electrons. The third kappa shape index (κ3) is 3.26. The molecule has 1 amide bonds. The van der Waals surface area contributed by atoms with Crippen LogP contribution in [0, 0.1) is 0 Å². The number of benzene rings is 2.